The van der Waals surface area contributed by atoms with Gasteiger partial charge in [-0.3, -0.25) is 4.79 Å². The van der Waals surface area contributed by atoms with Crippen molar-refractivity contribution < 1.29 is 14.3 Å². The molecule has 3 aromatic rings. The minimum absolute atomic E-state index is 0.0263. The first-order chi connectivity index (χ1) is 13.6. The second-order valence-electron chi connectivity index (χ2n) is 7.43. The molecule has 3 nitrogen and oxygen atoms in total. The average molecular weight is 372 g/mol. The molecule has 3 heteroatoms. The van der Waals surface area contributed by atoms with Crippen molar-refractivity contribution in [2.45, 2.75) is 38.6 Å². The minimum atomic E-state index is -0.439. The number of carbonyl (C=O) groups excluding carboxylic acids is 1. The van der Waals surface area contributed by atoms with Crippen molar-refractivity contribution in [1.82, 2.24) is 0 Å². The van der Waals surface area contributed by atoms with Gasteiger partial charge in [-0.2, -0.15) is 0 Å². The fourth-order valence-electron chi connectivity index (χ4n) is 3.32. The molecule has 142 valence electrons. The molecule has 0 spiro atoms. The lowest BCUT2D eigenvalue weighted by Gasteiger charge is -2.10. The normalized spacial score (nSPS) is 18.1. The van der Waals surface area contributed by atoms with Crippen molar-refractivity contribution >= 4 is 5.78 Å². The Morgan fingerprint density at radius 3 is 2.32 bits per heavy atom. The van der Waals surface area contributed by atoms with Crippen LogP contribution in [0.5, 0.6) is 5.75 Å². The zero-order chi connectivity index (χ0) is 19.5. The standard InChI is InChI=1S/C25H24O3/c1-17(2)19-12-14-20(15-13-19)24-25(28-24)23(26)21-10-6-7-11-22(21)27-16-18-8-4-3-5-9-18/h3-15,17,24-25H,16H2,1-2H3/t24-,25-/m0/s1. The highest BCUT2D eigenvalue weighted by Gasteiger charge is 2.46. The summed E-state index contributed by atoms with van der Waals surface area (Å²) in [6.07, 6.45) is -0.609. The van der Waals surface area contributed by atoms with Crippen molar-refractivity contribution in [3.63, 3.8) is 0 Å². The van der Waals surface area contributed by atoms with E-state index in [4.69, 9.17) is 9.47 Å². The van der Waals surface area contributed by atoms with E-state index in [-0.39, 0.29) is 11.9 Å². The van der Waals surface area contributed by atoms with Gasteiger partial charge in [-0.1, -0.05) is 80.6 Å². The molecule has 1 heterocycles. The van der Waals surface area contributed by atoms with Crippen LogP contribution in [0, 0.1) is 0 Å². The van der Waals surface area contributed by atoms with Gasteiger partial charge in [0.25, 0.3) is 0 Å². The van der Waals surface area contributed by atoms with Crippen molar-refractivity contribution in [2.24, 2.45) is 0 Å². The van der Waals surface area contributed by atoms with Crippen molar-refractivity contribution in [2.75, 3.05) is 0 Å². The average Bonchev–Trinajstić information content (AvgIpc) is 3.54. The first kappa shape index (κ1) is 18.5. The van der Waals surface area contributed by atoms with Crippen LogP contribution in [-0.2, 0) is 11.3 Å². The van der Waals surface area contributed by atoms with E-state index in [0.29, 0.717) is 23.8 Å². The molecule has 0 saturated carbocycles. The van der Waals surface area contributed by atoms with E-state index in [9.17, 15) is 4.79 Å². The molecule has 0 N–H and O–H groups in total. The van der Waals surface area contributed by atoms with Crippen molar-refractivity contribution in [1.29, 1.82) is 0 Å². The van der Waals surface area contributed by atoms with Crippen molar-refractivity contribution in [3.8, 4) is 5.75 Å². The lowest BCUT2D eigenvalue weighted by Crippen LogP contribution is -2.10. The van der Waals surface area contributed by atoms with Gasteiger partial charge in [-0.15, -0.1) is 0 Å². The van der Waals surface area contributed by atoms with Crippen LogP contribution < -0.4 is 4.74 Å². The fraction of sp³-hybridized carbons (Fsp3) is 0.240. The second-order valence-corrected chi connectivity index (χ2v) is 7.43. The van der Waals surface area contributed by atoms with Crippen LogP contribution in [0.2, 0.25) is 0 Å². The third-order valence-electron chi connectivity index (χ3n) is 5.07. The highest BCUT2D eigenvalue weighted by molar-refractivity contribution is 6.03. The summed E-state index contributed by atoms with van der Waals surface area (Å²) >= 11 is 0. The van der Waals surface area contributed by atoms with Gasteiger partial charge >= 0.3 is 0 Å². The molecule has 1 aliphatic heterocycles. The van der Waals surface area contributed by atoms with Gasteiger partial charge < -0.3 is 9.47 Å². The summed E-state index contributed by atoms with van der Waals surface area (Å²) in [5, 5.41) is 0. The quantitative estimate of drug-likeness (QED) is 0.394. The van der Waals surface area contributed by atoms with Crippen LogP contribution in [0.4, 0.5) is 0 Å². The second kappa shape index (κ2) is 7.99. The first-order valence-corrected chi connectivity index (χ1v) is 9.69. The summed E-state index contributed by atoms with van der Waals surface area (Å²) in [6.45, 7) is 4.76. The van der Waals surface area contributed by atoms with Crippen LogP contribution in [0.25, 0.3) is 0 Å². The Bertz CT molecular complexity index is 945. The van der Waals surface area contributed by atoms with Gasteiger partial charge in [0.05, 0.1) is 5.56 Å². The molecule has 1 aliphatic rings. The molecule has 1 saturated heterocycles. The molecule has 0 amide bonds. The number of ketones is 1. The van der Waals surface area contributed by atoms with Crippen LogP contribution in [0.3, 0.4) is 0 Å². The largest absolute Gasteiger partial charge is 0.488 e. The Morgan fingerprint density at radius 1 is 0.929 bits per heavy atom. The van der Waals surface area contributed by atoms with E-state index >= 15 is 0 Å². The Morgan fingerprint density at radius 2 is 1.61 bits per heavy atom. The van der Waals surface area contributed by atoms with Gasteiger partial charge in [-0.05, 0) is 34.7 Å². The predicted octanol–water partition coefficient (Wildman–Crippen LogP) is 5.71. The number of hydrogen-bond acceptors (Lipinski definition) is 3. The first-order valence-electron chi connectivity index (χ1n) is 9.69. The lowest BCUT2D eigenvalue weighted by molar-refractivity contribution is 0.0949. The van der Waals surface area contributed by atoms with Crippen LogP contribution in [-0.4, -0.2) is 11.9 Å². The fourth-order valence-corrected chi connectivity index (χ4v) is 3.32. The zero-order valence-electron chi connectivity index (χ0n) is 16.2. The maximum atomic E-state index is 13.0. The number of benzene rings is 3. The highest BCUT2D eigenvalue weighted by Crippen LogP contribution is 2.42. The molecular weight excluding hydrogens is 348 g/mol. The number of carbonyl (C=O) groups is 1. The maximum absolute atomic E-state index is 13.0. The number of Topliss-reactive ketones (excluding diaryl/α,β-unsaturated/α-hetero) is 1. The molecule has 0 radical (unpaired) electrons. The molecule has 0 aliphatic carbocycles. The number of epoxide rings is 1. The van der Waals surface area contributed by atoms with E-state index < -0.39 is 6.10 Å². The van der Waals surface area contributed by atoms with E-state index in [1.165, 1.54) is 5.56 Å². The third-order valence-corrected chi connectivity index (χ3v) is 5.07. The van der Waals surface area contributed by atoms with E-state index in [0.717, 1.165) is 11.1 Å². The minimum Gasteiger partial charge on any atom is -0.488 e. The van der Waals surface area contributed by atoms with Crippen LogP contribution in [0.15, 0.2) is 78.9 Å². The summed E-state index contributed by atoms with van der Waals surface area (Å²) in [4.78, 5) is 13.0. The number of ether oxygens (including phenoxy) is 2. The van der Waals surface area contributed by atoms with Gasteiger partial charge in [-0.25, -0.2) is 0 Å². The number of para-hydroxylation sites is 1. The Labute approximate surface area is 165 Å². The lowest BCUT2D eigenvalue weighted by atomic mass is 9.98. The highest BCUT2D eigenvalue weighted by atomic mass is 16.6. The summed E-state index contributed by atoms with van der Waals surface area (Å²) in [5.74, 6) is 1.06. The number of hydrogen-bond donors (Lipinski definition) is 0. The molecule has 0 bridgehead atoms. The molecule has 0 aromatic heterocycles. The smallest absolute Gasteiger partial charge is 0.198 e. The summed E-state index contributed by atoms with van der Waals surface area (Å²) in [6, 6.07) is 25.7. The molecule has 2 atom stereocenters. The topological polar surface area (TPSA) is 38.8 Å². The molecule has 0 unspecified atom stereocenters. The monoisotopic (exact) mass is 372 g/mol. The van der Waals surface area contributed by atoms with E-state index in [2.05, 4.69) is 38.1 Å². The summed E-state index contributed by atoms with van der Waals surface area (Å²) in [7, 11) is 0. The SMILES string of the molecule is CC(C)c1ccc([C@@H]2O[C@H]2C(=O)c2ccccc2OCc2ccccc2)cc1. The van der Waals surface area contributed by atoms with Gasteiger partial charge in [0.1, 0.15) is 18.5 Å². The number of rotatable bonds is 7. The predicted molar refractivity (Wildman–Crippen MR) is 110 cm³/mol. The zero-order valence-corrected chi connectivity index (χ0v) is 16.2. The van der Waals surface area contributed by atoms with Gasteiger partial charge in [0.2, 0.25) is 0 Å². The van der Waals surface area contributed by atoms with Gasteiger partial charge in [0, 0.05) is 0 Å². The summed E-state index contributed by atoms with van der Waals surface area (Å²) in [5.41, 5.74) is 3.97. The molecule has 4 rings (SSSR count). The Kier molecular flexibility index (Phi) is 5.27. The van der Waals surface area contributed by atoms with Gasteiger partial charge in [0.15, 0.2) is 11.9 Å². The molecular formula is C25H24O3. The van der Waals surface area contributed by atoms with E-state index in [1.807, 2.05) is 54.6 Å². The Hall–Kier alpha value is -2.91. The van der Waals surface area contributed by atoms with Crippen molar-refractivity contribution in [3.05, 3.63) is 101 Å². The Balaban J connectivity index is 1.45. The maximum Gasteiger partial charge on any atom is 0.198 e. The van der Waals surface area contributed by atoms with Crippen LogP contribution >= 0.6 is 0 Å². The molecule has 28 heavy (non-hydrogen) atoms. The molecule has 3 aromatic carbocycles. The third kappa shape index (κ3) is 4.00. The summed E-state index contributed by atoms with van der Waals surface area (Å²) < 4.78 is 11.7. The van der Waals surface area contributed by atoms with E-state index in [1.54, 1.807) is 0 Å². The molecule has 1 fully saturated rings. The van der Waals surface area contributed by atoms with Crippen LogP contribution in [0.1, 0.15) is 52.9 Å².